The molecule has 0 spiro atoms. The van der Waals surface area contributed by atoms with Crippen molar-refractivity contribution < 1.29 is 4.42 Å². The largest absolute Gasteiger partial charge is 0.471 e. The molecule has 2 aromatic rings. The van der Waals surface area contributed by atoms with Gasteiger partial charge in [0.05, 0.1) is 12.5 Å². The van der Waals surface area contributed by atoms with Gasteiger partial charge in [-0.05, 0) is 0 Å². The van der Waals surface area contributed by atoms with Gasteiger partial charge in [-0.3, -0.25) is 0 Å². The molecule has 0 saturated heterocycles. The quantitative estimate of drug-likeness (QED) is 0.491. The molecule has 2 heteroatoms. The van der Waals surface area contributed by atoms with Crippen LogP contribution in [0.4, 0.5) is 0 Å². The minimum absolute atomic E-state index is 0. The van der Waals surface area contributed by atoms with Crippen LogP contribution in [0.5, 0.6) is 0 Å². The van der Waals surface area contributed by atoms with Gasteiger partial charge in [-0.25, -0.2) is 0 Å². The molecule has 45 valence electrons. The normalized spacial score (nSPS) is 9.20. The topological polar surface area (TPSA) is 13.1 Å². The Morgan fingerprint density at radius 2 is 1.40 bits per heavy atom. The molecule has 0 unspecified atom stereocenters. The number of rotatable bonds is 0. The molecule has 0 aliphatic heterocycles. The molecular formula is C8H6LiO. The van der Waals surface area contributed by atoms with E-state index in [0.29, 0.717) is 0 Å². The van der Waals surface area contributed by atoms with Gasteiger partial charge in [-0.1, -0.05) is 24.3 Å². The number of fused-ring (bicyclic) bond motifs is 1. The molecule has 1 aromatic heterocycles. The molecule has 0 saturated carbocycles. The van der Waals surface area contributed by atoms with Crippen molar-refractivity contribution in [1.82, 2.24) is 0 Å². The van der Waals surface area contributed by atoms with Crippen molar-refractivity contribution in [1.29, 1.82) is 0 Å². The summed E-state index contributed by atoms with van der Waals surface area (Å²) < 4.78 is 4.96. The summed E-state index contributed by atoms with van der Waals surface area (Å²) in [5, 5.41) is 2.33. The van der Waals surface area contributed by atoms with E-state index >= 15 is 0 Å². The monoisotopic (exact) mass is 125 g/mol. The Morgan fingerprint density at radius 3 is 1.90 bits per heavy atom. The zero-order valence-corrected chi connectivity index (χ0v) is 5.87. The van der Waals surface area contributed by atoms with Crippen LogP contribution in [0.15, 0.2) is 41.2 Å². The van der Waals surface area contributed by atoms with Crippen molar-refractivity contribution in [2.24, 2.45) is 0 Å². The van der Waals surface area contributed by atoms with E-state index < -0.39 is 0 Å². The van der Waals surface area contributed by atoms with E-state index in [-0.39, 0.29) is 18.9 Å². The van der Waals surface area contributed by atoms with Crippen LogP contribution < -0.4 is 0 Å². The summed E-state index contributed by atoms with van der Waals surface area (Å²) in [6.07, 6.45) is 3.49. The van der Waals surface area contributed by atoms with E-state index in [0.717, 1.165) is 10.8 Å². The first kappa shape index (κ1) is 7.46. The smallest absolute Gasteiger partial charge is 0.0981 e. The van der Waals surface area contributed by atoms with Crippen molar-refractivity contribution in [3.63, 3.8) is 0 Å². The summed E-state index contributed by atoms with van der Waals surface area (Å²) in [7, 11) is 0. The average molecular weight is 125 g/mol. The summed E-state index contributed by atoms with van der Waals surface area (Å²) in [5.41, 5.74) is 0. The molecule has 1 radical (unpaired) electrons. The number of benzene rings is 1. The molecule has 0 aliphatic carbocycles. The fraction of sp³-hybridized carbons (Fsp3) is 0. The summed E-state index contributed by atoms with van der Waals surface area (Å²) in [6.45, 7) is 0. The first-order chi connectivity index (χ1) is 4.47. The fourth-order valence-corrected chi connectivity index (χ4v) is 0.906. The van der Waals surface area contributed by atoms with E-state index in [4.69, 9.17) is 4.42 Å². The predicted molar refractivity (Wildman–Crippen MR) is 42.0 cm³/mol. The van der Waals surface area contributed by atoms with Crippen LogP contribution >= 0.6 is 0 Å². The van der Waals surface area contributed by atoms with E-state index in [1.54, 1.807) is 12.5 Å². The van der Waals surface area contributed by atoms with Gasteiger partial charge in [-0.15, -0.1) is 0 Å². The van der Waals surface area contributed by atoms with Gasteiger partial charge in [0, 0.05) is 29.6 Å². The van der Waals surface area contributed by atoms with Crippen LogP contribution in [0.1, 0.15) is 0 Å². The summed E-state index contributed by atoms with van der Waals surface area (Å²) in [6, 6.07) is 8.05. The third-order valence-corrected chi connectivity index (χ3v) is 1.39. The maximum atomic E-state index is 4.96. The van der Waals surface area contributed by atoms with Gasteiger partial charge in [0.2, 0.25) is 0 Å². The number of hydrogen-bond donors (Lipinski definition) is 0. The van der Waals surface area contributed by atoms with E-state index in [2.05, 4.69) is 0 Å². The zero-order valence-electron chi connectivity index (χ0n) is 5.87. The van der Waals surface area contributed by atoms with Gasteiger partial charge in [0.15, 0.2) is 0 Å². The molecule has 0 amide bonds. The molecular weight excluding hydrogens is 119 g/mol. The minimum atomic E-state index is 0. The van der Waals surface area contributed by atoms with Gasteiger partial charge < -0.3 is 4.42 Å². The number of hydrogen-bond acceptors (Lipinski definition) is 1. The predicted octanol–water partition coefficient (Wildman–Crippen LogP) is 2.05. The van der Waals surface area contributed by atoms with Crippen LogP contribution in [0.3, 0.4) is 0 Å². The van der Waals surface area contributed by atoms with Crippen molar-refractivity contribution in [2.75, 3.05) is 0 Å². The third-order valence-electron chi connectivity index (χ3n) is 1.39. The van der Waals surface area contributed by atoms with Crippen LogP contribution in [0, 0.1) is 0 Å². The number of furan rings is 1. The maximum absolute atomic E-state index is 4.96. The summed E-state index contributed by atoms with van der Waals surface area (Å²) in [4.78, 5) is 0. The fourth-order valence-electron chi connectivity index (χ4n) is 0.906. The second-order valence-corrected chi connectivity index (χ2v) is 2.00. The van der Waals surface area contributed by atoms with E-state index in [1.807, 2.05) is 24.3 Å². The Labute approximate surface area is 71.2 Å². The van der Waals surface area contributed by atoms with Gasteiger partial charge in [0.25, 0.3) is 0 Å². The van der Waals surface area contributed by atoms with Crippen LogP contribution in [-0.4, -0.2) is 18.9 Å². The molecule has 1 nitrogen and oxygen atoms in total. The first-order valence-electron chi connectivity index (χ1n) is 2.88. The molecule has 0 atom stereocenters. The van der Waals surface area contributed by atoms with Crippen LogP contribution in [0.2, 0.25) is 0 Å². The second-order valence-electron chi connectivity index (χ2n) is 2.00. The van der Waals surface area contributed by atoms with E-state index in [9.17, 15) is 0 Å². The van der Waals surface area contributed by atoms with E-state index in [1.165, 1.54) is 0 Å². The van der Waals surface area contributed by atoms with Crippen molar-refractivity contribution >= 4 is 29.6 Å². The van der Waals surface area contributed by atoms with Crippen LogP contribution in [0.25, 0.3) is 10.8 Å². The molecule has 1 heterocycles. The third kappa shape index (κ3) is 1.11. The second kappa shape index (κ2) is 2.96. The Bertz CT molecular complexity index is 283. The molecule has 0 fully saturated rings. The Kier molecular flexibility index (Phi) is 2.21. The average Bonchev–Trinajstić information content (AvgIpc) is 2.33. The molecule has 1 aromatic carbocycles. The zero-order chi connectivity index (χ0) is 6.10. The Hall–Kier alpha value is -0.643. The SMILES string of the molecule is [Li].c1ccc2cocc2c1. The standard InChI is InChI=1S/C8H6O.Li/c1-2-4-8-6-9-5-7(8)3-1;/h1-6H;. The Balaban J connectivity index is 0.000000500. The minimum Gasteiger partial charge on any atom is -0.471 e. The molecule has 0 aliphatic rings. The Morgan fingerprint density at radius 1 is 0.900 bits per heavy atom. The van der Waals surface area contributed by atoms with Gasteiger partial charge in [0.1, 0.15) is 0 Å². The maximum Gasteiger partial charge on any atom is 0.0981 e. The molecule has 0 bridgehead atoms. The summed E-state index contributed by atoms with van der Waals surface area (Å²) >= 11 is 0. The van der Waals surface area contributed by atoms with Crippen LogP contribution in [-0.2, 0) is 0 Å². The molecule has 2 rings (SSSR count). The molecule has 0 N–H and O–H groups in total. The van der Waals surface area contributed by atoms with Crippen molar-refractivity contribution in [3.05, 3.63) is 36.8 Å². The first-order valence-corrected chi connectivity index (χ1v) is 2.88. The van der Waals surface area contributed by atoms with Crippen molar-refractivity contribution in [3.8, 4) is 0 Å². The van der Waals surface area contributed by atoms with Gasteiger partial charge >= 0.3 is 0 Å². The van der Waals surface area contributed by atoms with Gasteiger partial charge in [-0.2, -0.15) is 0 Å². The van der Waals surface area contributed by atoms with Crippen molar-refractivity contribution in [2.45, 2.75) is 0 Å². The summed E-state index contributed by atoms with van der Waals surface area (Å²) in [5.74, 6) is 0. The molecule has 10 heavy (non-hydrogen) atoms.